The Balaban J connectivity index is 2.94. The summed E-state index contributed by atoms with van der Waals surface area (Å²) in [5.41, 5.74) is 0.532. The number of halogens is 2. The summed E-state index contributed by atoms with van der Waals surface area (Å²) in [6.07, 6.45) is 0. The van der Waals surface area contributed by atoms with Gasteiger partial charge in [0.05, 0.1) is 0 Å². The van der Waals surface area contributed by atoms with Gasteiger partial charge in [-0.3, -0.25) is 0 Å². The molecule has 2 rings (SSSR count). The van der Waals surface area contributed by atoms with Crippen LogP contribution in [0.2, 0.25) is 10.2 Å². The van der Waals surface area contributed by atoms with Gasteiger partial charge in [0.1, 0.15) is 0 Å². The minimum atomic E-state index is 0.145. The van der Waals surface area contributed by atoms with Gasteiger partial charge in [-0.05, 0) is 0 Å². The Labute approximate surface area is 101 Å². The molecule has 1 heterocycles. The van der Waals surface area contributed by atoms with Crippen molar-refractivity contribution in [2.75, 3.05) is 0 Å². The monoisotopic (exact) mass is 283 g/mol. The van der Waals surface area contributed by atoms with Crippen molar-refractivity contribution < 1.29 is 5.11 Å². The third kappa shape index (κ3) is 1.61. The van der Waals surface area contributed by atoms with Crippen LogP contribution < -0.4 is 4.12 Å². The van der Waals surface area contributed by atoms with Gasteiger partial charge in [0, 0.05) is 0 Å². The molecule has 0 aliphatic rings. The number of benzene rings is 1. The summed E-state index contributed by atoms with van der Waals surface area (Å²) in [5, 5.41) is 11.1. The summed E-state index contributed by atoms with van der Waals surface area (Å²) < 4.78 is 1.19. The number of rotatable bonds is 0. The SMILES string of the molecule is Oc1cc[c]([GaH2])c2cc(Cl)c(Cl)nc12. The van der Waals surface area contributed by atoms with Crippen molar-refractivity contribution in [2.24, 2.45) is 0 Å². The van der Waals surface area contributed by atoms with Crippen molar-refractivity contribution in [3.05, 3.63) is 28.4 Å². The Morgan fingerprint density at radius 2 is 2.00 bits per heavy atom. The Bertz CT molecular complexity index is 469. The molecule has 1 N–H and O–H groups in total. The van der Waals surface area contributed by atoms with Gasteiger partial charge in [-0.2, -0.15) is 0 Å². The first-order valence-electron chi connectivity index (χ1n) is 4.04. The number of nitrogens with zero attached hydrogens (tertiary/aromatic N) is 1. The molecule has 14 heavy (non-hydrogen) atoms. The second kappa shape index (κ2) is 3.66. The van der Waals surface area contributed by atoms with Crippen LogP contribution in [0.1, 0.15) is 0 Å². The fourth-order valence-electron chi connectivity index (χ4n) is 1.33. The molecule has 0 spiro atoms. The van der Waals surface area contributed by atoms with Crippen molar-refractivity contribution in [3.63, 3.8) is 0 Å². The maximum absolute atomic E-state index is 9.57. The number of hydrogen-bond acceptors (Lipinski definition) is 2. The van der Waals surface area contributed by atoms with Gasteiger partial charge in [0.2, 0.25) is 0 Å². The summed E-state index contributed by atoms with van der Waals surface area (Å²) in [4.78, 5) is 4.05. The zero-order chi connectivity index (χ0) is 10.3. The molecule has 0 unspecified atom stereocenters. The summed E-state index contributed by atoms with van der Waals surface area (Å²) in [6.45, 7) is 0. The van der Waals surface area contributed by atoms with E-state index >= 15 is 0 Å². The summed E-state index contributed by atoms with van der Waals surface area (Å²) in [7, 11) is 0. The van der Waals surface area contributed by atoms with E-state index in [9.17, 15) is 5.11 Å². The number of phenols is 1. The number of fused-ring (bicyclic) bond motifs is 1. The number of aromatic hydroxyl groups is 1. The number of pyridine rings is 1. The molecule has 0 saturated carbocycles. The standard InChI is InChI=1S/C9H4Cl2NO.Ga.2H/c10-6-4-5-2-1-3-7(13)8(5)12-9(6)11;;;/h1,3-4,13H;;;. The molecule has 0 bridgehead atoms. The molecule has 0 saturated heterocycles. The molecule has 0 fully saturated rings. The zero-order valence-electron chi connectivity index (χ0n) is 7.38. The first kappa shape index (κ1) is 10.2. The van der Waals surface area contributed by atoms with Crippen LogP contribution in [0, 0.1) is 0 Å². The van der Waals surface area contributed by atoms with Gasteiger partial charge >= 0.3 is 101 Å². The molecule has 0 radical (unpaired) electrons. The molecule has 70 valence electrons. The topological polar surface area (TPSA) is 33.1 Å². The van der Waals surface area contributed by atoms with E-state index in [1.807, 2.05) is 6.07 Å². The molecule has 2 aromatic rings. The van der Waals surface area contributed by atoms with Crippen molar-refractivity contribution in [3.8, 4) is 5.75 Å². The Hall–Kier alpha value is -0.354. The van der Waals surface area contributed by atoms with E-state index in [2.05, 4.69) is 4.98 Å². The summed E-state index contributed by atoms with van der Waals surface area (Å²) in [6, 6.07) is 5.29. The van der Waals surface area contributed by atoms with Crippen LogP contribution in [-0.4, -0.2) is 28.7 Å². The number of phenolic OH excluding ortho intramolecular Hbond substituents is 1. The van der Waals surface area contributed by atoms with E-state index in [4.69, 9.17) is 23.2 Å². The van der Waals surface area contributed by atoms with Gasteiger partial charge in [-0.25, -0.2) is 0 Å². The Kier molecular flexibility index (Phi) is 2.66. The van der Waals surface area contributed by atoms with E-state index in [0.717, 1.165) is 5.39 Å². The summed E-state index contributed by atoms with van der Waals surface area (Å²) >= 11 is 12.1. The molecule has 1 aromatic carbocycles. The fourth-order valence-corrected chi connectivity index (χ4v) is 2.77. The van der Waals surface area contributed by atoms with E-state index in [0.29, 0.717) is 29.1 Å². The van der Waals surface area contributed by atoms with Crippen LogP contribution in [0.25, 0.3) is 10.9 Å². The summed E-state index contributed by atoms with van der Waals surface area (Å²) in [5.74, 6) is 0.145. The third-order valence-corrected chi connectivity index (χ3v) is 4.59. The predicted molar refractivity (Wildman–Crippen MR) is 61.6 cm³/mol. The molecule has 2 nitrogen and oxygen atoms in total. The van der Waals surface area contributed by atoms with Crippen molar-refractivity contribution in [1.29, 1.82) is 0 Å². The maximum atomic E-state index is 9.57. The second-order valence-electron chi connectivity index (χ2n) is 3.06. The average molecular weight is 285 g/mol. The number of hydrogen-bond donors (Lipinski definition) is 1. The van der Waals surface area contributed by atoms with Crippen molar-refractivity contribution >= 4 is 56.8 Å². The zero-order valence-corrected chi connectivity index (χ0v) is 13.1. The molecular weight excluding hydrogens is 279 g/mol. The third-order valence-electron chi connectivity index (χ3n) is 2.09. The predicted octanol–water partition coefficient (Wildman–Crippen LogP) is 1.51. The van der Waals surface area contributed by atoms with Crippen LogP contribution >= 0.6 is 23.2 Å². The van der Waals surface area contributed by atoms with Crippen LogP contribution in [0.4, 0.5) is 0 Å². The van der Waals surface area contributed by atoms with E-state index in [1.54, 1.807) is 12.1 Å². The van der Waals surface area contributed by atoms with Gasteiger partial charge in [0.25, 0.3) is 0 Å². The molecule has 0 aliphatic heterocycles. The van der Waals surface area contributed by atoms with Crippen LogP contribution in [-0.2, 0) is 0 Å². The molecule has 5 heteroatoms. The van der Waals surface area contributed by atoms with Crippen LogP contribution in [0.3, 0.4) is 0 Å². The molecular formula is C9H6Cl2GaNO. The van der Waals surface area contributed by atoms with Crippen molar-refractivity contribution in [1.82, 2.24) is 4.98 Å². The first-order valence-corrected chi connectivity index (χ1v) is 6.89. The van der Waals surface area contributed by atoms with Gasteiger partial charge in [0.15, 0.2) is 0 Å². The first-order chi connectivity index (χ1) is 6.59. The molecule has 0 aliphatic carbocycles. The number of aromatic nitrogens is 1. The quantitative estimate of drug-likeness (QED) is 0.588. The Morgan fingerprint density at radius 1 is 1.29 bits per heavy atom. The van der Waals surface area contributed by atoms with Crippen LogP contribution in [0.15, 0.2) is 18.2 Å². The van der Waals surface area contributed by atoms with E-state index < -0.39 is 0 Å². The van der Waals surface area contributed by atoms with Gasteiger partial charge in [-0.1, -0.05) is 0 Å². The van der Waals surface area contributed by atoms with E-state index in [-0.39, 0.29) is 10.9 Å². The van der Waals surface area contributed by atoms with Crippen LogP contribution in [0.5, 0.6) is 5.75 Å². The van der Waals surface area contributed by atoms with E-state index in [1.165, 1.54) is 4.12 Å². The van der Waals surface area contributed by atoms with Gasteiger partial charge in [-0.15, -0.1) is 0 Å². The molecule has 1 aromatic heterocycles. The van der Waals surface area contributed by atoms with Gasteiger partial charge < -0.3 is 0 Å². The normalized spacial score (nSPS) is 10.7. The molecule has 0 atom stereocenters. The molecule has 0 amide bonds. The minimum absolute atomic E-state index is 0.145. The fraction of sp³-hybridized carbons (Fsp3) is 0. The van der Waals surface area contributed by atoms with Crippen molar-refractivity contribution in [2.45, 2.75) is 0 Å². The second-order valence-corrected chi connectivity index (χ2v) is 6.08. The average Bonchev–Trinajstić information content (AvgIpc) is 2.15. The Morgan fingerprint density at radius 3 is 2.71 bits per heavy atom.